The maximum Gasteiger partial charge on any atom is 0.302 e. The fraction of sp³-hybridized carbons (Fsp3) is 0.385. The van der Waals surface area contributed by atoms with Crippen molar-refractivity contribution in [3.8, 4) is 11.1 Å². The maximum atomic E-state index is 14.6. The first kappa shape index (κ1) is 24.7. The van der Waals surface area contributed by atoms with Gasteiger partial charge < -0.3 is 4.90 Å². The first-order valence-electron chi connectivity index (χ1n) is 11.6. The Balaban J connectivity index is 1.86. The Morgan fingerprint density at radius 3 is 2.74 bits per heavy atom. The molecule has 1 aromatic carbocycles. The number of amides is 1. The van der Waals surface area contributed by atoms with Gasteiger partial charge in [0.25, 0.3) is 0 Å². The van der Waals surface area contributed by atoms with E-state index in [-0.39, 0.29) is 17.5 Å². The van der Waals surface area contributed by atoms with Crippen molar-refractivity contribution in [3.05, 3.63) is 75.8 Å². The standard InChI is InChI=1S/C26H30F2N3OPS/c1-4-7-12-31-15-22(25(29-31)26(27,28)33)19-11-9-8-10-18(19)21-14-30(24(32)6-3)16-23-20(21)13-17(5-2)34-23/h6,8-11,13,15,21H,3-5,7,12,14,16,33H2,1-2H3. The molecule has 2 aromatic heterocycles. The fourth-order valence-corrected chi connectivity index (χ4v) is 5.96. The van der Waals surface area contributed by atoms with Crippen molar-refractivity contribution in [1.82, 2.24) is 14.7 Å². The van der Waals surface area contributed by atoms with Crippen LogP contribution in [-0.4, -0.2) is 27.1 Å². The number of aryl methyl sites for hydroxylation is 2. The zero-order valence-electron chi connectivity index (χ0n) is 19.6. The highest BCUT2D eigenvalue weighted by atomic mass is 32.1. The normalized spacial score (nSPS) is 15.9. The number of hydrogen-bond donors (Lipinski definition) is 0. The summed E-state index contributed by atoms with van der Waals surface area (Å²) in [5.41, 5.74) is -0.117. The summed E-state index contributed by atoms with van der Waals surface area (Å²) in [5, 5.41) is 4.27. The Morgan fingerprint density at radius 1 is 1.29 bits per heavy atom. The lowest BCUT2D eigenvalue weighted by Gasteiger charge is -2.33. The van der Waals surface area contributed by atoms with Crippen LogP contribution in [0.5, 0.6) is 0 Å². The van der Waals surface area contributed by atoms with E-state index in [0.29, 0.717) is 25.2 Å². The van der Waals surface area contributed by atoms with Gasteiger partial charge in [0.2, 0.25) is 5.91 Å². The van der Waals surface area contributed by atoms with Crippen molar-refractivity contribution >= 4 is 26.5 Å². The number of fused-ring (bicyclic) bond motifs is 1. The van der Waals surface area contributed by atoms with Crippen LogP contribution in [0.1, 0.15) is 59.2 Å². The second-order valence-corrected chi connectivity index (χ2v) is 10.6. The van der Waals surface area contributed by atoms with Gasteiger partial charge in [0.05, 0.1) is 6.54 Å². The zero-order valence-corrected chi connectivity index (χ0v) is 21.5. The molecule has 0 radical (unpaired) electrons. The molecule has 0 fully saturated rings. The topological polar surface area (TPSA) is 38.1 Å². The number of carbonyl (C=O) groups is 1. The molecule has 1 amide bonds. The summed E-state index contributed by atoms with van der Waals surface area (Å²) in [6.45, 7) is 9.45. The Morgan fingerprint density at radius 2 is 2.06 bits per heavy atom. The van der Waals surface area contributed by atoms with Crippen LogP contribution in [0, 0.1) is 0 Å². The van der Waals surface area contributed by atoms with Crippen LogP contribution in [0.4, 0.5) is 8.78 Å². The molecule has 0 spiro atoms. The van der Waals surface area contributed by atoms with Crippen molar-refractivity contribution in [3.63, 3.8) is 0 Å². The van der Waals surface area contributed by atoms with Gasteiger partial charge in [-0.05, 0) is 41.7 Å². The molecule has 0 N–H and O–H groups in total. The Labute approximate surface area is 205 Å². The largest absolute Gasteiger partial charge is 0.333 e. The van der Waals surface area contributed by atoms with E-state index in [9.17, 15) is 13.6 Å². The first-order valence-corrected chi connectivity index (χ1v) is 13.0. The second-order valence-electron chi connectivity index (χ2n) is 8.64. The average Bonchev–Trinajstić information content (AvgIpc) is 3.45. The van der Waals surface area contributed by atoms with Crippen LogP contribution >= 0.6 is 20.6 Å². The summed E-state index contributed by atoms with van der Waals surface area (Å²) in [4.78, 5) is 16.8. The summed E-state index contributed by atoms with van der Waals surface area (Å²) in [6.07, 6.45) is 5.81. The van der Waals surface area contributed by atoms with E-state index in [1.165, 1.54) is 16.5 Å². The van der Waals surface area contributed by atoms with Gasteiger partial charge in [-0.25, -0.2) is 0 Å². The molecule has 1 aliphatic rings. The molecule has 0 aliphatic carbocycles. The molecule has 180 valence electrons. The molecular formula is C26H30F2N3OPS. The lowest BCUT2D eigenvalue weighted by Crippen LogP contribution is -2.37. The highest BCUT2D eigenvalue weighted by molar-refractivity contribution is 7.17. The molecule has 1 aliphatic heterocycles. The quantitative estimate of drug-likeness (QED) is 0.259. The van der Waals surface area contributed by atoms with Gasteiger partial charge >= 0.3 is 5.66 Å². The molecule has 0 bridgehead atoms. The molecule has 4 nitrogen and oxygen atoms in total. The summed E-state index contributed by atoms with van der Waals surface area (Å²) in [6, 6.07) is 9.89. The van der Waals surface area contributed by atoms with Crippen LogP contribution in [-0.2, 0) is 30.0 Å². The van der Waals surface area contributed by atoms with Crippen molar-refractivity contribution in [2.24, 2.45) is 0 Å². The molecule has 2 unspecified atom stereocenters. The van der Waals surface area contributed by atoms with Crippen LogP contribution in [0.15, 0.2) is 49.2 Å². The van der Waals surface area contributed by atoms with E-state index in [4.69, 9.17) is 0 Å². The number of nitrogens with zero attached hydrogens (tertiary/aromatic N) is 3. The summed E-state index contributed by atoms with van der Waals surface area (Å²) in [5.74, 6) is -0.241. The molecule has 0 saturated carbocycles. The predicted octanol–water partition coefficient (Wildman–Crippen LogP) is 6.56. The number of benzene rings is 1. The van der Waals surface area contributed by atoms with E-state index in [2.05, 4.69) is 31.6 Å². The van der Waals surface area contributed by atoms with Gasteiger partial charge in [0.15, 0.2) is 0 Å². The number of aromatic nitrogens is 2. The van der Waals surface area contributed by atoms with Crippen molar-refractivity contribution in [2.45, 2.75) is 57.8 Å². The summed E-state index contributed by atoms with van der Waals surface area (Å²) >= 11 is 1.72. The number of carbonyl (C=O) groups excluding carboxylic acids is 1. The van der Waals surface area contributed by atoms with E-state index >= 15 is 0 Å². The van der Waals surface area contributed by atoms with Crippen molar-refractivity contribution < 1.29 is 13.6 Å². The molecule has 8 heteroatoms. The maximum absolute atomic E-state index is 14.6. The molecule has 0 saturated heterocycles. The lowest BCUT2D eigenvalue weighted by atomic mass is 9.83. The highest BCUT2D eigenvalue weighted by Crippen LogP contribution is 2.45. The number of hydrogen-bond acceptors (Lipinski definition) is 3. The van der Waals surface area contributed by atoms with Crippen molar-refractivity contribution in [2.75, 3.05) is 6.54 Å². The number of thiophene rings is 1. The van der Waals surface area contributed by atoms with Crippen LogP contribution in [0.3, 0.4) is 0 Å². The van der Waals surface area contributed by atoms with E-state index in [1.54, 1.807) is 36.4 Å². The highest BCUT2D eigenvalue weighted by Gasteiger charge is 2.36. The molecule has 3 aromatic rings. The SMILES string of the molecule is C=CC(=O)N1Cc2sc(CC)cc2C(c2ccccc2-c2cn(CCCC)nc2C(F)(F)P)C1. The molecular weight excluding hydrogens is 471 g/mol. The van der Waals surface area contributed by atoms with Crippen LogP contribution in [0.25, 0.3) is 11.1 Å². The lowest BCUT2D eigenvalue weighted by molar-refractivity contribution is -0.127. The predicted molar refractivity (Wildman–Crippen MR) is 137 cm³/mol. The molecule has 3 heterocycles. The van der Waals surface area contributed by atoms with E-state index in [0.717, 1.165) is 35.3 Å². The Bertz CT molecular complexity index is 1200. The third-order valence-electron chi connectivity index (χ3n) is 6.28. The number of rotatable bonds is 8. The van der Waals surface area contributed by atoms with Gasteiger partial charge in [-0.1, -0.05) is 60.4 Å². The van der Waals surface area contributed by atoms with Gasteiger partial charge in [-0.3, -0.25) is 9.48 Å². The third kappa shape index (κ3) is 4.87. The van der Waals surface area contributed by atoms with Crippen LogP contribution < -0.4 is 0 Å². The third-order valence-corrected chi connectivity index (χ3v) is 7.84. The van der Waals surface area contributed by atoms with Gasteiger partial charge in [-0.15, -0.1) is 11.3 Å². The minimum Gasteiger partial charge on any atom is -0.333 e. The number of unbranched alkanes of at least 4 members (excludes halogenated alkanes) is 1. The number of halogens is 2. The summed E-state index contributed by atoms with van der Waals surface area (Å²) in [7, 11) is 1.63. The minimum absolute atomic E-state index is 0.120. The van der Waals surface area contributed by atoms with E-state index < -0.39 is 5.66 Å². The van der Waals surface area contributed by atoms with E-state index in [1.807, 2.05) is 24.3 Å². The number of alkyl halides is 2. The summed E-state index contributed by atoms with van der Waals surface area (Å²) < 4.78 is 30.9. The Kier molecular flexibility index (Phi) is 7.34. The second kappa shape index (κ2) is 10.1. The molecule has 4 rings (SSSR count). The van der Waals surface area contributed by atoms with Gasteiger partial charge in [-0.2, -0.15) is 13.9 Å². The first-order chi connectivity index (χ1) is 16.3. The fourth-order valence-electron chi connectivity index (χ4n) is 4.56. The zero-order chi connectivity index (χ0) is 24.5. The monoisotopic (exact) mass is 501 g/mol. The van der Waals surface area contributed by atoms with Crippen molar-refractivity contribution in [1.29, 1.82) is 0 Å². The Hall–Kier alpha value is -2.37. The smallest absolute Gasteiger partial charge is 0.302 e. The minimum atomic E-state index is -3.15. The molecule has 34 heavy (non-hydrogen) atoms. The van der Waals surface area contributed by atoms with Crippen LogP contribution in [0.2, 0.25) is 0 Å². The van der Waals surface area contributed by atoms with Gasteiger partial charge in [0, 0.05) is 40.5 Å². The average molecular weight is 502 g/mol. The van der Waals surface area contributed by atoms with Gasteiger partial charge in [0.1, 0.15) is 5.69 Å². The molecule has 2 atom stereocenters.